The van der Waals surface area contributed by atoms with Crippen LogP contribution in [0.1, 0.15) is 96.8 Å². The van der Waals surface area contributed by atoms with Gasteiger partial charge in [0.2, 0.25) is 10.0 Å². The maximum atomic E-state index is 11.7. The predicted molar refractivity (Wildman–Crippen MR) is 126 cm³/mol. The smallest absolute Gasteiger partial charge is 0.305 e. The molecular formula is C22H43NO5S2. The summed E-state index contributed by atoms with van der Waals surface area (Å²) in [5, 5.41) is 0. The topological polar surface area (TPSA) is 89.5 Å². The first-order chi connectivity index (χ1) is 14.4. The summed E-state index contributed by atoms with van der Waals surface area (Å²) in [5.74, 6) is 0.687. The second kappa shape index (κ2) is 20.3. The van der Waals surface area contributed by atoms with Crippen molar-refractivity contribution in [1.29, 1.82) is 0 Å². The molecule has 0 bridgehead atoms. The van der Waals surface area contributed by atoms with Gasteiger partial charge < -0.3 is 9.53 Å². The Morgan fingerprint density at radius 3 is 1.90 bits per heavy atom. The van der Waals surface area contributed by atoms with Gasteiger partial charge in [0.25, 0.3) is 0 Å². The Hall–Kier alpha value is -0.600. The van der Waals surface area contributed by atoms with Gasteiger partial charge >= 0.3 is 5.97 Å². The summed E-state index contributed by atoms with van der Waals surface area (Å²) in [7, 11) is -3.40. The van der Waals surface area contributed by atoms with Gasteiger partial charge in [-0.3, -0.25) is 4.79 Å². The highest BCUT2D eigenvalue weighted by atomic mass is 32.2. The summed E-state index contributed by atoms with van der Waals surface area (Å²) in [5.41, 5.74) is 0. The molecule has 0 amide bonds. The van der Waals surface area contributed by atoms with Crippen LogP contribution in [0.2, 0.25) is 0 Å². The Bertz CT molecular complexity index is 526. The molecule has 6 nitrogen and oxygen atoms in total. The van der Waals surface area contributed by atoms with Crippen LogP contribution >= 0.6 is 11.8 Å². The molecule has 0 aliphatic heterocycles. The molecule has 0 radical (unpaired) electrons. The summed E-state index contributed by atoms with van der Waals surface area (Å²) in [6.45, 7) is 2.54. The van der Waals surface area contributed by atoms with E-state index in [4.69, 9.17) is 4.74 Å². The number of carbonyl (C=O) groups excluding carboxylic acids is 2. The lowest BCUT2D eigenvalue weighted by atomic mass is 10.0. The molecule has 8 heteroatoms. The van der Waals surface area contributed by atoms with Crippen LogP contribution in [0.15, 0.2) is 0 Å². The molecule has 0 aliphatic rings. The van der Waals surface area contributed by atoms with Crippen LogP contribution in [0.25, 0.3) is 0 Å². The molecule has 0 aromatic carbocycles. The molecule has 0 unspecified atom stereocenters. The minimum atomic E-state index is -3.40. The molecule has 178 valence electrons. The summed E-state index contributed by atoms with van der Waals surface area (Å²) in [4.78, 5) is 22.5. The van der Waals surface area contributed by atoms with Gasteiger partial charge in [0, 0.05) is 17.9 Å². The van der Waals surface area contributed by atoms with Gasteiger partial charge in [-0.2, -0.15) is 11.8 Å². The average molecular weight is 466 g/mol. The largest absolute Gasteiger partial charge is 0.465 e. The minimum absolute atomic E-state index is 0.181. The lowest BCUT2D eigenvalue weighted by Crippen LogP contribution is -2.37. The summed E-state index contributed by atoms with van der Waals surface area (Å²) < 4.78 is 29.6. The molecular weight excluding hydrogens is 422 g/mol. The third-order valence-electron chi connectivity index (χ3n) is 4.80. The lowest BCUT2D eigenvalue weighted by Gasteiger charge is -2.10. The van der Waals surface area contributed by atoms with Crippen LogP contribution in [0.5, 0.6) is 0 Å². The molecule has 0 spiro atoms. The summed E-state index contributed by atoms with van der Waals surface area (Å²) >= 11 is 1.38. The Morgan fingerprint density at radius 2 is 1.43 bits per heavy atom. The van der Waals surface area contributed by atoms with E-state index in [0.717, 1.165) is 19.1 Å². The van der Waals surface area contributed by atoms with Crippen molar-refractivity contribution < 1.29 is 22.7 Å². The highest BCUT2D eigenvalue weighted by Crippen LogP contribution is 2.13. The van der Waals surface area contributed by atoms with Gasteiger partial charge in [-0.25, -0.2) is 13.1 Å². The van der Waals surface area contributed by atoms with E-state index in [-0.39, 0.29) is 12.6 Å². The molecule has 30 heavy (non-hydrogen) atoms. The molecule has 0 fully saturated rings. The van der Waals surface area contributed by atoms with E-state index in [2.05, 4.69) is 11.6 Å². The van der Waals surface area contributed by atoms with Gasteiger partial charge in [0.1, 0.15) is 12.9 Å². The van der Waals surface area contributed by atoms with E-state index in [1.807, 2.05) is 0 Å². The number of unbranched alkanes of at least 4 members (excludes halogenated alkanes) is 12. The van der Waals surface area contributed by atoms with Gasteiger partial charge in [-0.05, 0) is 6.42 Å². The number of carbonyl (C=O) groups is 2. The fourth-order valence-electron chi connectivity index (χ4n) is 3.16. The number of aldehydes is 1. The normalized spacial score (nSPS) is 12.6. The first-order valence-corrected chi connectivity index (χ1v) is 14.6. The number of nitrogens with one attached hydrogen (secondary N) is 1. The van der Waals surface area contributed by atoms with Gasteiger partial charge in [-0.1, -0.05) is 84.0 Å². The van der Waals surface area contributed by atoms with E-state index < -0.39 is 16.1 Å². The Kier molecular flexibility index (Phi) is 19.9. The second-order valence-electron chi connectivity index (χ2n) is 7.92. The lowest BCUT2D eigenvalue weighted by molar-refractivity contribution is -0.143. The molecule has 0 saturated carbocycles. The fraction of sp³-hybridized carbons (Fsp3) is 0.909. The van der Waals surface area contributed by atoms with Crippen molar-refractivity contribution in [3.05, 3.63) is 0 Å². The van der Waals surface area contributed by atoms with E-state index >= 15 is 0 Å². The van der Waals surface area contributed by atoms with Crippen LogP contribution in [0, 0.1) is 0 Å². The predicted octanol–water partition coefficient (Wildman–Crippen LogP) is 4.86. The molecule has 0 aromatic rings. The first kappa shape index (κ1) is 29.4. The highest BCUT2D eigenvalue weighted by Gasteiger charge is 2.12. The molecule has 0 saturated heterocycles. The van der Waals surface area contributed by atoms with E-state index in [1.54, 1.807) is 0 Å². The van der Waals surface area contributed by atoms with E-state index in [1.165, 1.54) is 82.4 Å². The summed E-state index contributed by atoms with van der Waals surface area (Å²) in [6, 6.07) is -0.744. The van der Waals surface area contributed by atoms with Crippen LogP contribution in [-0.2, 0) is 24.3 Å². The van der Waals surface area contributed by atoms with Crippen molar-refractivity contribution >= 4 is 34.0 Å². The molecule has 1 N–H and O–H groups in total. The molecule has 0 heterocycles. The Morgan fingerprint density at radius 1 is 0.933 bits per heavy atom. The number of esters is 1. The quantitative estimate of drug-likeness (QED) is 0.139. The van der Waals surface area contributed by atoms with Gasteiger partial charge in [-0.15, -0.1) is 0 Å². The third-order valence-corrected chi connectivity index (χ3v) is 6.58. The first-order valence-electron chi connectivity index (χ1n) is 11.5. The highest BCUT2D eigenvalue weighted by molar-refractivity contribution is 7.99. The van der Waals surface area contributed by atoms with Crippen LogP contribution in [0.4, 0.5) is 0 Å². The van der Waals surface area contributed by atoms with Crippen LogP contribution < -0.4 is 4.72 Å². The Labute approximate surface area is 188 Å². The van der Waals surface area contributed by atoms with Gasteiger partial charge in [0.15, 0.2) is 0 Å². The number of hydrogen-bond donors (Lipinski definition) is 1. The number of sulfonamides is 1. The van der Waals surface area contributed by atoms with Crippen molar-refractivity contribution in [2.45, 2.75) is 103 Å². The monoisotopic (exact) mass is 465 g/mol. The van der Waals surface area contributed by atoms with Gasteiger partial charge in [0.05, 0.1) is 12.3 Å². The molecule has 0 aliphatic carbocycles. The Balaban J connectivity index is 3.39. The number of ether oxygens (including phenoxy) is 1. The minimum Gasteiger partial charge on any atom is -0.465 e. The van der Waals surface area contributed by atoms with E-state index in [0.29, 0.717) is 24.2 Å². The summed E-state index contributed by atoms with van der Waals surface area (Å²) in [6.07, 6.45) is 18.6. The van der Waals surface area contributed by atoms with Crippen molar-refractivity contribution in [2.75, 3.05) is 24.4 Å². The zero-order valence-electron chi connectivity index (χ0n) is 19.0. The number of thioether (sulfide) groups is 1. The van der Waals surface area contributed by atoms with Crippen molar-refractivity contribution in [2.24, 2.45) is 0 Å². The van der Waals surface area contributed by atoms with Crippen LogP contribution in [-0.4, -0.2) is 51.1 Å². The van der Waals surface area contributed by atoms with Crippen molar-refractivity contribution in [3.63, 3.8) is 0 Å². The number of hydrogen-bond acceptors (Lipinski definition) is 6. The zero-order chi connectivity index (χ0) is 22.5. The van der Waals surface area contributed by atoms with E-state index in [9.17, 15) is 18.0 Å². The van der Waals surface area contributed by atoms with Crippen molar-refractivity contribution in [3.8, 4) is 0 Å². The molecule has 1 atom stereocenters. The molecule has 0 aromatic heterocycles. The molecule has 0 rings (SSSR count). The zero-order valence-corrected chi connectivity index (χ0v) is 20.7. The second-order valence-corrected chi connectivity index (χ2v) is 10.9. The third kappa shape index (κ3) is 22.1. The SMILES string of the molecule is CCCCCCCCCCCCCCCC(=O)OCCSC[C@@H](C=O)NS(C)(=O)=O. The maximum absolute atomic E-state index is 11.7. The average Bonchev–Trinajstić information content (AvgIpc) is 2.69. The fourth-order valence-corrected chi connectivity index (χ4v) is 4.74. The maximum Gasteiger partial charge on any atom is 0.305 e. The van der Waals surface area contributed by atoms with Crippen molar-refractivity contribution in [1.82, 2.24) is 4.72 Å². The number of rotatable bonds is 22. The standard InChI is InChI=1S/C22H43NO5S2/c1-3-4-5-6-7-8-9-10-11-12-13-14-15-16-22(25)28-17-18-29-20-21(19-24)23-30(2,26)27/h19,21,23H,3-18,20H2,1-2H3/t21-/m1/s1. The van der Waals surface area contributed by atoms with Crippen LogP contribution in [0.3, 0.4) is 0 Å².